The van der Waals surface area contributed by atoms with Crippen LogP contribution in [0, 0.1) is 0 Å². The van der Waals surface area contributed by atoms with Crippen LogP contribution in [0.5, 0.6) is 0 Å². The first-order chi connectivity index (χ1) is 10.2. The molecule has 2 aromatic carbocycles. The number of nitrogens with one attached hydrogen (secondary N) is 1. The Bertz CT molecular complexity index is 623. The van der Waals surface area contributed by atoms with E-state index in [1.54, 1.807) is 0 Å². The predicted octanol–water partition coefficient (Wildman–Crippen LogP) is 4.92. The van der Waals surface area contributed by atoms with Crippen molar-refractivity contribution in [3.63, 3.8) is 0 Å². The summed E-state index contributed by atoms with van der Waals surface area (Å²) in [5.41, 5.74) is 6.51. The zero-order valence-electron chi connectivity index (χ0n) is 11.7. The van der Waals surface area contributed by atoms with Crippen LogP contribution in [0.4, 0.5) is 0 Å². The lowest BCUT2D eigenvalue weighted by molar-refractivity contribution is 0.419. The van der Waals surface area contributed by atoms with Crippen LogP contribution < -0.4 is 11.3 Å². The third kappa shape index (κ3) is 3.16. The fourth-order valence-corrected chi connectivity index (χ4v) is 3.46. The van der Waals surface area contributed by atoms with E-state index in [9.17, 15) is 0 Å². The van der Waals surface area contributed by atoms with E-state index in [-0.39, 0.29) is 6.04 Å². The molecule has 0 heterocycles. The molecule has 1 atom stereocenters. The molecular weight excluding hydrogens is 348 g/mol. The zero-order valence-corrected chi connectivity index (χ0v) is 14.0. The molecular formula is C17H18BrClN2. The van der Waals surface area contributed by atoms with Crippen LogP contribution in [0.1, 0.15) is 47.9 Å². The molecule has 2 aromatic rings. The summed E-state index contributed by atoms with van der Waals surface area (Å²) >= 11 is 9.68. The van der Waals surface area contributed by atoms with Crippen molar-refractivity contribution in [2.75, 3.05) is 0 Å². The average molecular weight is 366 g/mol. The van der Waals surface area contributed by atoms with Crippen LogP contribution in [0.15, 0.2) is 46.9 Å². The Kier molecular flexibility index (Phi) is 4.65. The Hall–Kier alpha value is -0.870. The van der Waals surface area contributed by atoms with Crippen molar-refractivity contribution in [3.05, 3.63) is 68.7 Å². The van der Waals surface area contributed by atoms with E-state index >= 15 is 0 Å². The van der Waals surface area contributed by atoms with Gasteiger partial charge in [-0.1, -0.05) is 58.2 Å². The van der Waals surface area contributed by atoms with Gasteiger partial charge in [-0.05, 0) is 53.6 Å². The number of rotatable bonds is 4. The number of halogens is 2. The van der Waals surface area contributed by atoms with Crippen LogP contribution >= 0.6 is 27.5 Å². The molecule has 0 bridgehead atoms. The van der Waals surface area contributed by atoms with E-state index in [0.29, 0.717) is 5.02 Å². The average Bonchev–Trinajstić information content (AvgIpc) is 2.43. The summed E-state index contributed by atoms with van der Waals surface area (Å²) in [5.74, 6) is 6.53. The van der Waals surface area contributed by atoms with Crippen LogP contribution in [0.2, 0.25) is 5.02 Å². The van der Waals surface area contributed by atoms with Gasteiger partial charge in [0.25, 0.3) is 0 Å². The third-order valence-corrected chi connectivity index (χ3v) is 5.24. The molecule has 0 spiro atoms. The Morgan fingerprint density at radius 1 is 1.14 bits per heavy atom. The highest BCUT2D eigenvalue weighted by atomic mass is 79.9. The van der Waals surface area contributed by atoms with Gasteiger partial charge in [-0.25, -0.2) is 5.43 Å². The molecule has 3 N–H and O–H groups in total. The molecule has 21 heavy (non-hydrogen) atoms. The molecule has 1 fully saturated rings. The molecule has 1 aliphatic carbocycles. The zero-order chi connectivity index (χ0) is 14.8. The van der Waals surface area contributed by atoms with Gasteiger partial charge in [-0.3, -0.25) is 5.84 Å². The first kappa shape index (κ1) is 15.0. The summed E-state index contributed by atoms with van der Waals surface area (Å²) in [6.45, 7) is 0. The minimum absolute atomic E-state index is 0.0754. The largest absolute Gasteiger partial charge is 0.271 e. The van der Waals surface area contributed by atoms with Crippen LogP contribution in [0.25, 0.3) is 0 Å². The summed E-state index contributed by atoms with van der Waals surface area (Å²) in [4.78, 5) is 0. The van der Waals surface area contributed by atoms with Crippen molar-refractivity contribution < 1.29 is 0 Å². The number of benzene rings is 2. The Morgan fingerprint density at radius 3 is 2.43 bits per heavy atom. The van der Waals surface area contributed by atoms with Crippen molar-refractivity contribution in [2.24, 2.45) is 5.84 Å². The van der Waals surface area contributed by atoms with E-state index in [1.165, 1.54) is 24.8 Å². The molecule has 0 saturated heterocycles. The maximum Gasteiger partial charge on any atom is 0.0721 e. The molecule has 1 saturated carbocycles. The summed E-state index contributed by atoms with van der Waals surface area (Å²) in [5, 5.41) is 0.708. The van der Waals surface area contributed by atoms with E-state index in [4.69, 9.17) is 17.4 Å². The smallest absolute Gasteiger partial charge is 0.0721 e. The maximum atomic E-state index is 6.11. The van der Waals surface area contributed by atoms with Crippen LogP contribution in [-0.2, 0) is 0 Å². The second-order valence-electron chi connectivity index (χ2n) is 5.56. The Balaban J connectivity index is 1.90. The molecule has 4 heteroatoms. The van der Waals surface area contributed by atoms with E-state index in [0.717, 1.165) is 21.5 Å². The second-order valence-corrected chi connectivity index (χ2v) is 6.85. The van der Waals surface area contributed by atoms with Gasteiger partial charge in [0.15, 0.2) is 0 Å². The van der Waals surface area contributed by atoms with Crippen molar-refractivity contribution in [2.45, 2.75) is 31.2 Å². The first-order valence-corrected chi connectivity index (χ1v) is 8.37. The SMILES string of the molecule is NNC(c1ccc(C2CCC2)cc1)c1cc(Cl)ccc1Br. The van der Waals surface area contributed by atoms with E-state index in [1.807, 2.05) is 18.2 Å². The van der Waals surface area contributed by atoms with Gasteiger partial charge in [0, 0.05) is 9.50 Å². The molecule has 0 aromatic heterocycles. The van der Waals surface area contributed by atoms with Crippen molar-refractivity contribution >= 4 is 27.5 Å². The number of hydrogen-bond donors (Lipinski definition) is 2. The summed E-state index contributed by atoms with van der Waals surface area (Å²) in [7, 11) is 0. The van der Waals surface area contributed by atoms with Crippen molar-refractivity contribution in [1.82, 2.24) is 5.43 Å². The van der Waals surface area contributed by atoms with Gasteiger partial charge in [-0.2, -0.15) is 0 Å². The van der Waals surface area contributed by atoms with Gasteiger partial charge in [0.2, 0.25) is 0 Å². The van der Waals surface area contributed by atoms with Crippen LogP contribution in [0.3, 0.4) is 0 Å². The fraction of sp³-hybridized carbons (Fsp3) is 0.294. The number of hydrazine groups is 1. The van der Waals surface area contributed by atoms with Crippen molar-refractivity contribution in [1.29, 1.82) is 0 Å². The summed E-state index contributed by atoms with van der Waals surface area (Å²) in [6.07, 6.45) is 3.99. The summed E-state index contributed by atoms with van der Waals surface area (Å²) < 4.78 is 0.998. The van der Waals surface area contributed by atoms with Crippen LogP contribution in [-0.4, -0.2) is 0 Å². The lowest BCUT2D eigenvalue weighted by atomic mass is 9.79. The van der Waals surface area contributed by atoms with Gasteiger partial charge >= 0.3 is 0 Å². The highest BCUT2D eigenvalue weighted by Gasteiger charge is 2.20. The Morgan fingerprint density at radius 2 is 1.86 bits per heavy atom. The quantitative estimate of drug-likeness (QED) is 0.596. The molecule has 110 valence electrons. The molecule has 0 amide bonds. The Labute approximate surface area is 138 Å². The highest BCUT2D eigenvalue weighted by Crippen LogP contribution is 2.37. The maximum absolute atomic E-state index is 6.11. The van der Waals surface area contributed by atoms with Crippen molar-refractivity contribution in [3.8, 4) is 0 Å². The van der Waals surface area contributed by atoms with Gasteiger partial charge < -0.3 is 0 Å². The molecule has 1 aliphatic rings. The molecule has 2 nitrogen and oxygen atoms in total. The van der Waals surface area contributed by atoms with Gasteiger partial charge in [0.1, 0.15) is 0 Å². The lowest BCUT2D eigenvalue weighted by Crippen LogP contribution is -2.29. The minimum Gasteiger partial charge on any atom is -0.271 e. The summed E-state index contributed by atoms with van der Waals surface area (Å²) in [6, 6.07) is 14.4. The predicted molar refractivity (Wildman–Crippen MR) is 91.4 cm³/mol. The lowest BCUT2D eigenvalue weighted by Gasteiger charge is -2.26. The standard InChI is InChI=1S/C17H18BrClN2/c18-16-9-8-14(19)10-15(16)17(21-20)13-6-4-12(5-7-13)11-2-1-3-11/h4-11,17,21H,1-3,20H2. The topological polar surface area (TPSA) is 38.0 Å². The molecule has 0 aliphatic heterocycles. The normalized spacial score (nSPS) is 16.5. The van der Waals surface area contributed by atoms with Gasteiger partial charge in [0.05, 0.1) is 6.04 Å². The highest BCUT2D eigenvalue weighted by molar-refractivity contribution is 9.10. The molecule has 3 rings (SSSR count). The van der Waals surface area contributed by atoms with E-state index in [2.05, 4.69) is 45.6 Å². The molecule has 0 radical (unpaired) electrons. The minimum atomic E-state index is -0.0754. The number of hydrogen-bond acceptors (Lipinski definition) is 2. The fourth-order valence-electron chi connectivity index (χ4n) is 2.80. The number of nitrogens with two attached hydrogens (primary N) is 1. The molecule has 1 unspecified atom stereocenters. The third-order valence-electron chi connectivity index (χ3n) is 4.28. The van der Waals surface area contributed by atoms with Gasteiger partial charge in [-0.15, -0.1) is 0 Å². The van der Waals surface area contributed by atoms with E-state index < -0.39 is 0 Å². The first-order valence-electron chi connectivity index (χ1n) is 7.20. The monoisotopic (exact) mass is 364 g/mol. The second kappa shape index (κ2) is 6.49.